The zero-order valence-corrected chi connectivity index (χ0v) is 23.8. The fourth-order valence-electron chi connectivity index (χ4n) is 3.45. The molecule has 0 heterocycles. The molecule has 3 aliphatic rings. The van der Waals surface area contributed by atoms with Crippen LogP contribution in [0.15, 0.2) is 105 Å². The van der Waals surface area contributed by atoms with E-state index in [4.69, 9.17) is 34.8 Å². The Bertz CT molecular complexity index is 1060. The van der Waals surface area contributed by atoms with Gasteiger partial charge in [0.25, 0.3) is 0 Å². The van der Waals surface area contributed by atoms with E-state index in [2.05, 4.69) is 20.9 Å². The van der Waals surface area contributed by atoms with E-state index >= 15 is 0 Å². The summed E-state index contributed by atoms with van der Waals surface area (Å²) in [5.41, 5.74) is 1.49. The third kappa shape index (κ3) is 10.7. The van der Waals surface area contributed by atoms with Crippen LogP contribution in [0.2, 0.25) is 0 Å². The minimum absolute atomic E-state index is 0. The third-order valence-corrected chi connectivity index (χ3v) is 6.11. The Morgan fingerprint density at radius 2 is 0.842 bits per heavy atom. The van der Waals surface area contributed by atoms with Crippen molar-refractivity contribution < 1.29 is 31.5 Å². The zero-order valence-electron chi connectivity index (χ0n) is 20.4. The van der Waals surface area contributed by atoms with Crippen LogP contribution < -0.4 is 16.0 Å². The van der Waals surface area contributed by atoms with Gasteiger partial charge in [-0.3, -0.25) is 19.3 Å². The van der Waals surface area contributed by atoms with E-state index in [-0.39, 0.29) is 34.4 Å². The van der Waals surface area contributed by atoms with E-state index in [1.54, 1.807) is 55.1 Å². The molecule has 0 saturated heterocycles. The van der Waals surface area contributed by atoms with Crippen molar-refractivity contribution in [3.63, 3.8) is 0 Å². The molecule has 0 fully saturated rings. The van der Waals surface area contributed by atoms with E-state index < -0.39 is 0 Å². The molecule has 7 nitrogen and oxygen atoms in total. The average molecular weight is 617 g/mol. The van der Waals surface area contributed by atoms with Gasteiger partial charge in [0.1, 0.15) is 0 Å². The Morgan fingerprint density at radius 3 is 1.13 bits per heavy atom. The SMILES string of the molecule is O=C1C=CC(Cl)=CC1=CNCCN(CCNC=C1C=C(Cl)C=CC1=O)CCNC=C1C=C(Cl)C=CC1=O.[Mn]. The number of allylic oxidation sites excluding steroid dienone is 15. The topological polar surface area (TPSA) is 90.5 Å². The maximum Gasteiger partial charge on any atom is 0.187 e. The number of hydrogen-bond acceptors (Lipinski definition) is 7. The van der Waals surface area contributed by atoms with Crippen LogP contribution in [0, 0.1) is 0 Å². The van der Waals surface area contributed by atoms with Gasteiger partial charge in [-0.25, -0.2) is 0 Å². The zero-order chi connectivity index (χ0) is 26.6. The van der Waals surface area contributed by atoms with Crippen LogP contribution in [-0.2, 0) is 31.5 Å². The van der Waals surface area contributed by atoms with Gasteiger partial charge < -0.3 is 16.0 Å². The molecule has 0 unspecified atom stereocenters. The monoisotopic (exact) mass is 615 g/mol. The predicted octanol–water partition coefficient (Wildman–Crippen LogP) is 3.49. The Morgan fingerprint density at radius 1 is 0.553 bits per heavy atom. The van der Waals surface area contributed by atoms with Gasteiger partial charge in [-0.15, -0.1) is 0 Å². The van der Waals surface area contributed by atoms with Crippen molar-refractivity contribution in [2.24, 2.45) is 0 Å². The minimum atomic E-state index is -0.106. The molecular weight excluding hydrogens is 590 g/mol. The van der Waals surface area contributed by atoms with Crippen molar-refractivity contribution in [3.8, 4) is 0 Å². The van der Waals surface area contributed by atoms with Crippen molar-refractivity contribution in [2.45, 2.75) is 0 Å². The molecule has 0 bridgehead atoms. The van der Waals surface area contributed by atoms with Crippen molar-refractivity contribution in [2.75, 3.05) is 39.3 Å². The van der Waals surface area contributed by atoms with Gasteiger partial charge in [-0.2, -0.15) is 0 Å². The molecule has 0 spiro atoms. The second-order valence-corrected chi connectivity index (χ2v) is 9.49. The first-order valence-corrected chi connectivity index (χ1v) is 12.8. The van der Waals surface area contributed by atoms with Gasteiger partial charge in [0, 0.05) is 107 Å². The first-order valence-electron chi connectivity index (χ1n) is 11.6. The molecule has 3 N–H and O–H groups in total. The Kier molecular flexibility index (Phi) is 13.7. The molecule has 3 aliphatic carbocycles. The maximum atomic E-state index is 11.9. The summed E-state index contributed by atoms with van der Waals surface area (Å²) in [6, 6.07) is 0. The number of nitrogens with one attached hydrogen (secondary N) is 3. The van der Waals surface area contributed by atoms with Crippen LogP contribution in [0.5, 0.6) is 0 Å². The minimum Gasteiger partial charge on any atom is -0.389 e. The molecule has 0 aliphatic heterocycles. The fourth-order valence-corrected chi connectivity index (χ4v) is 3.99. The number of halogens is 3. The quantitative estimate of drug-likeness (QED) is 0.176. The molecule has 1 radical (unpaired) electrons. The maximum absolute atomic E-state index is 11.9. The van der Waals surface area contributed by atoms with Crippen LogP contribution in [-0.4, -0.2) is 61.5 Å². The van der Waals surface area contributed by atoms with Gasteiger partial charge in [-0.05, 0) is 54.7 Å². The number of nitrogens with zero attached hydrogens (tertiary/aromatic N) is 1. The van der Waals surface area contributed by atoms with Crippen LogP contribution in [0.3, 0.4) is 0 Å². The van der Waals surface area contributed by atoms with Gasteiger partial charge in [0.05, 0.1) is 0 Å². The van der Waals surface area contributed by atoms with Gasteiger partial charge in [0.15, 0.2) is 17.3 Å². The summed E-state index contributed by atoms with van der Waals surface area (Å²) in [7, 11) is 0. The summed E-state index contributed by atoms with van der Waals surface area (Å²) in [6.07, 6.45) is 18.8. The Labute approximate surface area is 247 Å². The number of carbonyl (C=O) groups is 3. The van der Waals surface area contributed by atoms with E-state index in [9.17, 15) is 14.4 Å². The first-order chi connectivity index (χ1) is 17.8. The number of hydrogen-bond donors (Lipinski definition) is 3. The second kappa shape index (κ2) is 16.4. The molecule has 0 aromatic carbocycles. The number of carbonyl (C=O) groups excluding carboxylic acids is 3. The van der Waals surface area contributed by atoms with Crippen LogP contribution in [0.4, 0.5) is 0 Å². The van der Waals surface area contributed by atoms with Gasteiger partial charge in [0.2, 0.25) is 0 Å². The fraction of sp³-hybridized carbons (Fsp3) is 0.222. The Balaban J connectivity index is 0.00000507. The summed E-state index contributed by atoms with van der Waals surface area (Å²) in [5, 5.41) is 11.0. The van der Waals surface area contributed by atoms with Crippen LogP contribution >= 0.6 is 34.8 Å². The van der Waals surface area contributed by atoms with E-state index in [1.807, 2.05) is 0 Å². The molecule has 11 heteroatoms. The van der Waals surface area contributed by atoms with Crippen molar-refractivity contribution in [3.05, 3.63) is 105 Å². The molecule has 0 aromatic heterocycles. The van der Waals surface area contributed by atoms with Crippen LogP contribution in [0.1, 0.15) is 0 Å². The van der Waals surface area contributed by atoms with Crippen molar-refractivity contribution >= 4 is 52.2 Å². The average Bonchev–Trinajstić information content (AvgIpc) is 2.87. The largest absolute Gasteiger partial charge is 0.389 e. The number of rotatable bonds is 12. The number of ketones is 3. The third-order valence-electron chi connectivity index (χ3n) is 5.41. The second-order valence-electron chi connectivity index (χ2n) is 8.18. The van der Waals surface area contributed by atoms with Crippen molar-refractivity contribution in [1.82, 2.24) is 20.9 Å². The first kappa shape index (κ1) is 31.6. The van der Waals surface area contributed by atoms with Gasteiger partial charge in [-0.1, -0.05) is 34.8 Å². The Hall–Kier alpha value is -2.58. The van der Waals surface area contributed by atoms with E-state index in [1.165, 1.54) is 18.2 Å². The summed E-state index contributed by atoms with van der Waals surface area (Å²) >= 11 is 17.9. The summed E-state index contributed by atoms with van der Waals surface area (Å²) in [4.78, 5) is 38.0. The molecule has 0 atom stereocenters. The predicted molar refractivity (Wildman–Crippen MR) is 149 cm³/mol. The summed E-state index contributed by atoms with van der Waals surface area (Å²) in [5.74, 6) is -0.317. The van der Waals surface area contributed by atoms with E-state index in [0.717, 1.165) is 0 Å². The molecule has 201 valence electrons. The summed E-state index contributed by atoms with van der Waals surface area (Å²) in [6.45, 7) is 3.83. The normalized spacial score (nSPS) is 20.1. The summed E-state index contributed by atoms with van der Waals surface area (Å²) < 4.78 is 0. The molecule has 38 heavy (non-hydrogen) atoms. The molecule has 0 amide bonds. The molecular formula is C27H27Cl3MnN4O3. The van der Waals surface area contributed by atoms with Crippen LogP contribution in [0.25, 0.3) is 0 Å². The smallest absolute Gasteiger partial charge is 0.187 e. The molecule has 0 aromatic rings. The van der Waals surface area contributed by atoms with Gasteiger partial charge >= 0.3 is 0 Å². The van der Waals surface area contributed by atoms with Crippen molar-refractivity contribution in [1.29, 1.82) is 0 Å². The van der Waals surface area contributed by atoms with E-state index in [0.29, 0.717) is 71.1 Å². The standard InChI is InChI=1S/C27H27Cl3N4O3.Mn/c28-22-1-4-25(35)19(13-22)16-31-7-10-34(11-8-32-17-20-14-23(29)2-5-26(20)36)12-9-33-18-21-15-24(30)3-6-27(21)37;/h1-6,13-18,31-33H,7-12H2;. The molecule has 0 saturated carbocycles. The molecule has 3 rings (SSSR count).